The van der Waals surface area contributed by atoms with E-state index in [4.69, 9.17) is 4.74 Å². The summed E-state index contributed by atoms with van der Waals surface area (Å²) in [5, 5.41) is 14.6. The van der Waals surface area contributed by atoms with Gasteiger partial charge in [0.15, 0.2) is 5.82 Å². The number of rotatable bonds is 4. The Kier molecular flexibility index (Phi) is 4.47. The molecule has 0 saturated carbocycles. The molecule has 0 aliphatic heterocycles. The molecular formula is C23H21N3O. The van der Waals surface area contributed by atoms with Gasteiger partial charge in [-0.3, -0.25) is 0 Å². The number of hydrogen-bond donors (Lipinski definition) is 1. The highest BCUT2D eigenvalue weighted by Gasteiger charge is 2.13. The summed E-state index contributed by atoms with van der Waals surface area (Å²) in [6.07, 6.45) is 0. The van der Waals surface area contributed by atoms with Crippen LogP contribution in [0.5, 0.6) is 5.75 Å². The maximum Gasteiger partial charge on any atom is 0.161 e. The van der Waals surface area contributed by atoms with E-state index < -0.39 is 0 Å². The van der Waals surface area contributed by atoms with E-state index in [1.165, 1.54) is 11.1 Å². The molecule has 4 heteroatoms. The third-order valence-corrected chi connectivity index (χ3v) is 4.79. The van der Waals surface area contributed by atoms with E-state index in [1.54, 1.807) is 7.11 Å². The summed E-state index contributed by atoms with van der Waals surface area (Å²) in [5.41, 5.74) is 5.34. The smallest absolute Gasteiger partial charge is 0.161 e. The van der Waals surface area contributed by atoms with E-state index in [0.29, 0.717) is 0 Å². The van der Waals surface area contributed by atoms with Crippen LogP contribution < -0.4 is 10.1 Å². The van der Waals surface area contributed by atoms with Gasteiger partial charge in [-0.25, -0.2) is 0 Å². The molecule has 0 aliphatic rings. The minimum atomic E-state index is 0.761. The third kappa shape index (κ3) is 3.34. The van der Waals surface area contributed by atoms with Crippen molar-refractivity contribution in [2.45, 2.75) is 13.8 Å². The van der Waals surface area contributed by atoms with Gasteiger partial charge in [-0.15, -0.1) is 10.2 Å². The van der Waals surface area contributed by atoms with E-state index in [1.807, 2.05) is 54.6 Å². The van der Waals surface area contributed by atoms with E-state index in [2.05, 4.69) is 41.5 Å². The topological polar surface area (TPSA) is 47.0 Å². The number of nitrogens with zero attached hydrogens (tertiary/aromatic N) is 2. The number of nitrogens with one attached hydrogen (secondary N) is 1. The van der Waals surface area contributed by atoms with Crippen molar-refractivity contribution in [3.05, 3.63) is 77.9 Å². The Bertz CT molecular complexity index is 1090. The normalized spacial score (nSPS) is 10.8. The SMILES string of the molecule is COc1ccc(-c2nnc(Nc3ccccc3)c3cc(C)c(C)cc23)cc1. The summed E-state index contributed by atoms with van der Waals surface area (Å²) in [7, 11) is 1.67. The van der Waals surface area contributed by atoms with Gasteiger partial charge in [-0.2, -0.15) is 0 Å². The third-order valence-electron chi connectivity index (χ3n) is 4.79. The van der Waals surface area contributed by atoms with Crippen LogP contribution in [0.1, 0.15) is 11.1 Å². The molecule has 4 aromatic rings. The lowest BCUT2D eigenvalue weighted by molar-refractivity contribution is 0.415. The summed E-state index contributed by atoms with van der Waals surface area (Å²) in [4.78, 5) is 0. The van der Waals surface area contributed by atoms with Gasteiger partial charge in [0, 0.05) is 22.0 Å². The first-order chi connectivity index (χ1) is 13.2. The number of methoxy groups -OCH3 is 1. The summed E-state index contributed by atoms with van der Waals surface area (Å²) in [5.74, 6) is 1.59. The molecule has 0 unspecified atom stereocenters. The van der Waals surface area contributed by atoms with Gasteiger partial charge in [0.05, 0.1) is 7.11 Å². The van der Waals surface area contributed by atoms with Crippen molar-refractivity contribution >= 4 is 22.3 Å². The fraction of sp³-hybridized carbons (Fsp3) is 0.130. The number of hydrogen-bond acceptors (Lipinski definition) is 4. The van der Waals surface area contributed by atoms with Gasteiger partial charge < -0.3 is 10.1 Å². The Labute approximate surface area is 158 Å². The van der Waals surface area contributed by atoms with E-state index >= 15 is 0 Å². The van der Waals surface area contributed by atoms with Crippen molar-refractivity contribution < 1.29 is 4.74 Å². The van der Waals surface area contributed by atoms with Crippen LogP contribution in [0.4, 0.5) is 11.5 Å². The van der Waals surface area contributed by atoms with Gasteiger partial charge in [-0.05, 0) is 73.5 Å². The van der Waals surface area contributed by atoms with Gasteiger partial charge in [-0.1, -0.05) is 18.2 Å². The number of fused-ring (bicyclic) bond motifs is 1. The van der Waals surface area contributed by atoms with Gasteiger partial charge in [0.1, 0.15) is 11.4 Å². The molecule has 0 bridgehead atoms. The average molecular weight is 355 g/mol. The Morgan fingerprint density at radius 3 is 2.11 bits per heavy atom. The summed E-state index contributed by atoms with van der Waals surface area (Å²) >= 11 is 0. The van der Waals surface area contributed by atoms with Crippen molar-refractivity contribution in [1.82, 2.24) is 10.2 Å². The zero-order chi connectivity index (χ0) is 18.8. The van der Waals surface area contributed by atoms with E-state index in [9.17, 15) is 0 Å². The van der Waals surface area contributed by atoms with Crippen LogP contribution in [0.25, 0.3) is 22.0 Å². The maximum absolute atomic E-state index is 5.27. The molecule has 1 heterocycles. The van der Waals surface area contributed by atoms with Crippen molar-refractivity contribution in [2.24, 2.45) is 0 Å². The van der Waals surface area contributed by atoms with Crippen molar-refractivity contribution in [1.29, 1.82) is 0 Å². The molecule has 3 aromatic carbocycles. The molecule has 4 rings (SSSR count). The van der Waals surface area contributed by atoms with E-state index in [0.717, 1.165) is 39.3 Å². The Morgan fingerprint density at radius 1 is 0.778 bits per heavy atom. The highest BCUT2D eigenvalue weighted by Crippen LogP contribution is 2.33. The van der Waals surface area contributed by atoms with Gasteiger partial charge in [0.25, 0.3) is 0 Å². The largest absolute Gasteiger partial charge is 0.497 e. The highest BCUT2D eigenvalue weighted by molar-refractivity contribution is 6.01. The standard InChI is InChI=1S/C23H21N3O/c1-15-13-20-21(14-16(15)2)23(24-18-7-5-4-6-8-18)26-25-22(20)17-9-11-19(27-3)12-10-17/h4-14H,1-3H3,(H,24,26). The molecule has 4 nitrogen and oxygen atoms in total. The minimum absolute atomic E-state index is 0.761. The molecule has 0 radical (unpaired) electrons. The number of benzene rings is 3. The molecule has 0 fully saturated rings. The quantitative estimate of drug-likeness (QED) is 0.513. The molecule has 27 heavy (non-hydrogen) atoms. The Morgan fingerprint density at radius 2 is 1.44 bits per heavy atom. The minimum Gasteiger partial charge on any atom is -0.497 e. The zero-order valence-corrected chi connectivity index (χ0v) is 15.7. The van der Waals surface area contributed by atoms with Crippen LogP contribution in [0, 0.1) is 13.8 Å². The maximum atomic E-state index is 5.27. The number of aryl methyl sites for hydroxylation is 2. The monoisotopic (exact) mass is 355 g/mol. The number of anilines is 2. The molecule has 1 N–H and O–H groups in total. The van der Waals surface area contributed by atoms with Crippen LogP contribution in [0.3, 0.4) is 0 Å². The van der Waals surface area contributed by atoms with Crippen molar-refractivity contribution in [3.63, 3.8) is 0 Å². The molecule has 1 aromatic heterocycles. The number of para-hydroxylation sites is 1. The lowest BCUT2D eigenvalue weighted by Gasteiger charge is -2.13. The van der Waals surface area contributed by atoms with Crippen molar-refractivity contribution in [2.75, 3.05) is 12.4 Å². The molecule has 0 aliphatic carbocycles. The van der Waals surface area contributed by atoms with Gasteiger partial charge >= 0.3 is 0 Å². The second-order valence-electron chi connectivity index (χ2n) is 6.60. The molecule has 0 atom stereocenters. The fourth-order valence-corrected chi connectivity index (χ4v) is 3.13. The lowest BCUT2D eigenvalue weighted by Crippen LogP contribution is -2.00. The molecule has 134 valence electrons. The molecule has 0 spiro atoms. The summed E-state index contributed by atoms with van der Waals surface area (Å²) in [6.45, 7) is 4.24. The second kappa shape index (κ2) is 7.08. The van der Waals surface area contributed by atoms with E-state index in [-0.39, 0.29) is 0 Å². The lowest BCUT2D eigenvalue weighted by atomic mass is 9.99. The van der Waals surface area contributed by atoms with Crippen LogP contribution in [-0.4, -0.2) is 17.3 Å². The van der Waals surface area contributed by atoms with Crippen LogP contribution in [0.15, 0.2) is 66.7 Å². The second-order valence-corrected chi connectivity index (χ2v) is 6.60. The Hall–Kier alpha value is -3.40. The van der Waals surface area contributed by atoms with Crippen LogP contribution in [0.2, 0.25) is 0 Å². The number of ether oxygens (including phenoxy) is 1. The number of aromatic nitrogens is 2. The summed E-state index contributed by atoms with van der Waals surface area (Å²) in [6, 6.07) is 22.3. The highest BCUT2D eigenvalue weighted by atomic mass is 16.5. The Balaban J connectivity index is 1.88. The molecule has 0 amide bonds. The first kappa shape index (κ1) is 17.0. The fourth-order valence-electron chi connectivity index (χ4n) is 3.13. The first-order valence-electron chi connectivity index (χ1n) is 8.90. The molecule has 0 saturated heterocycles. The zero-order valence-electron chi connectivity index (χ0n) is 15.7. The predicted molar refractivity (Wildman–Crippen MR) is 111 cm³/mol. The predicted octanol–water partition coefficient (Wildman–Crippen LogP) is 5.67. The average Bonchev–Trinajstić information content (AvgIpc) is 2.70. The summed E-state index contributed by atoms with van der Waals surface area (Å²) < 4.78 is 5.27. The molecular weight excluding hydrogens is 334 g/mol. The van der Waals surface area contributed by atoms with Crippen LogP contribution in [-0.2, 0) is 0 Å². The van der Waals surface area contributed by atoms with Crippen molar-refractivity contribution in [3.8, 4) is 17.0 Å². The van der Waals surface area contributed by atoms with Crippen LogP contribution >= 0.6 is 0 Å². The first-order valence-corrected chi connectivity index (χ1v) is 8.90. The van der Waals surface area contributed by atoms with Gasteiger partial charge in [0.2, 0.25) is 0 Å².